The molecule has 0 bridgehead atoms. The van der Waals surface area contributed by atoms with E-state index in [9.17, 15) is 18.0 Å². The molecular formula is C14H15F3N2O. The van der Waals surface area contributed by atoms with Gasteiger partial charge in [0.2, 0.25) is 0 Å². The van der Waals surface area contributed by atoms with Crippen molar-refractivity contribution < 1.29 is 18.0 Å². The van der Waals surface area contributed by atoms with Crippen molar-refractivity contribution in [3.63, 3.8) is 0 Å². The molecule has 1 N–H and O–H groups in total. The zero-order valence-electron chi connectivity index (χ0n) is 10.8. The lowest BCUT2D eigenvalue weighted by Crippen LogP contribution is -2.41. The summed E-state index contributed by atoms with van der Waals surface area (Å²) in [6.07, 6.45) is -3.54. The minimum atomic E-state index is -4.87. The molecule has 3 nitrogen and oxygen atoms in total. The number of Topliss-reactive ketones (excluding diaryl/α,β-unsaturated/α-hetero) is 1. The van der Waals surface area contributed by atoms with Crippen molar-refractivity contribution in [2.24, 2.45) is 0 Å². The van der Waals surface area contributed by atoms with Crippen LogP contribution in [0.1, 0.15) is 5.56 Å². The fraction of sp³-hybridized carbons (Fsp3) is 0.357. The number of nitrogens with one attached hydrogen (secondary N) is 1. The van der Waals surface area contributed by atoms with Gasteiger partial charge in [0, 0.05) is 32.4 Å². The molecule has 0 saturated carbocycles. The summed E-state index contributed by atoms with van der Waals surface area (Å²) in [5.74, 6) is -1.80. The number of piperazine rings is 1. The number of carbonyl (C=O) groups excluding carboxylic acids is 1. The number of alkyl halides is 3. The van der Waals surface area contributed by atoms with Crippen LogP contribution in [0.2, 0.25) is 0 Å². The fourth-order valence-electron chi connectivity index (χ4n) is 2.03. The summed E-state index contributed by atoms with van der Waals surface area (Å²) in [7, 11) is 0. The van der Waals surface area contributed by atoms with E-state index in [1.54, 1.807) is 23.1 Å². The van der Waals surface area contributed by atoms with Crippen LogP contribution < -0.4 is 5.32 Å². The predicted molar refractivity (Wildman–Crippen MR) is 69.9 cm³/mol. The SMILES string of the molecule is O=C(/C(=C/N1CCNCC1)c1ccccc1)C(F)(F)F. The summed E-state index contributed by atoms with van der Waals surface area (Å²) in [6.45, 7) is 2.56. The molecule has 2 rings (SSSR count). The summed E-state index contributed by atoms with van der Waals surface area (Å²) in [5, 5.41) is 3.11. The number of benzene rings is 1. The average Bonchev–Trinajstić information content (AvgIpc) is 2.45. The zero-order valence-corrected chi connectivity index (χ0v) is 10.8. The Morgan fingerprint density at radius 2 is 1.75 bits per heavy atom. The van der Waals surface area contributed by atoms with Gasteiger partial charge in [-0.1, -0.05) is 30.3 Å². The first-order valence-corrected chi connectivity index (χ1v) is 6.32. The van der Waals surface area contributed by atoms with Crippen LogP contribution in [-0.4, -0.2) is 43.0 Å². The summed E-state index contributed by atoms with van der Waals surface area (Å²) in [6, 6.07) is 7.95. The Kier molecular flexibility index (Phi) is 4.44. The number of ketones is 1. The van der Waals surface area contributed by atoms with Gasteiger partial charge in [-0.05, 0) is 5.56 Å². The third-order valence-electron chi connectivity index (χ3n) is 3.05. The second-order valence-corrected chi connectivity index (χ2v) is 4.52. The van der Waals surface area contributed by atoms with Gasteiger partial charge < -0.3 is 10.2 Å². The topological polar surface area (TPSA) is 32.3 Å². The highest BCUT2D eigenvalue weighted by Gasteiger charge is 2.41. The molecule has 0 radical (unpaired) electrons. The van der Waals surface area contributed by atoms with Crippen molar-refractivity contribution >= 4 is 11.4 Å². The van der Waals surface area contributed by atoms with Crippen molar-refractivity contribution in [3.05, 3.63) is 42.1 Å². The first kappa shape index (κ1) is 14.6. The van der Waals surface area contributed by atoms with E-state index in [-0.39, 0.29) is 11.1 Å². The maximum Gasteiger partial charge on any atom is 0.454 e. The third kappa shape index (κ3) is 3.60. The molecule has 0 aliphatic carbocycles. The summed E-state index contributed by atoms with van der Waals surface area (Å²) in [4.78, 5) is 13.3. The molecule has 1 heterocycles. The Bertz CT molecular complexity index is 491. The Balaban J connectivity index is 2.33. The second kappa shape index (κ2) is 6.09. The molecule has 0 amide bonds. The Morgan fingerprint density at radius 3 is 2.30 bits per heavy atom. The highest BCUT2D eigenvalue weighted by atomic mass is 19.4. The maximum atomic E-state index is 12.7. The number of hydrogen-bond donors (Lipinski definition) is 1. The van der Waals surface area contributed by atoms with Crippen LogP contribution in [0, 0.1) is 0 Å². The molecule has 0 spiro atoms. The Labute approximate surface area is 115 Å². The van der Waals surface area contributed by atoms with E-state index in [1.807, 2.05) is 0 Å². The minimum absolute atomic E-state index is 0.286. The maximum absolute atomic E-state index is 12.7. The normalized spacial score (nSPS) is 17.1. The standard InChI is InChI=1S/C14H15F3N2O/c15-14(16,17)13(20)12(11-4-2-1-3-5-11)10-19-8-6-18-7-9-19/h1-5,10,18H,6-9H2/b12-10+. The molecule has 1 aromatic rings. The Hall–Kier alpha value is -1.82. The largest absolute Gasteiger partial charge is 0.454 e. The average molecular weight is 284 g/mol. The van der Waals surface area contributed by atoms with Gasteiger partial charge in [0.15, 0.2) is 0 Å². The van der Waals surface area contributed by atoms with E-state index in [2.05, 4.69) is 5.32 Å². The lowest BCUT2D eigenvalue weighted by Gasteiger charge is -2.27. The quantitative estimate of drug-likeness (QED) is 0.862. The molecule has 1 fully saturated rings. The van der Waals surface area contributed by atoms with E-state index in [4.69, 9.17) is 0 Å². The molecule has 0 atom stereocenters. The van der Waals surface area contributed by atoms with Gasteiger partial charge in [0.1, 0.15) is 0 Å². The molecular weight excluding hydrogens is 269 g/mol. The number of halogens is 3. The molecule has 1 aromatic carbocycles. The molecule has 1 saturated heterocycles. The van der Waals surface area contributed by atoms with E-state index < -0.39 is 12.0 Å². The number of allylic oxidation sites excluding steroid dienone is 1. The number of rotatable bonds is 3. The van der Waals surface area contributed by atoms with Gasteiger partial charge in [0.25, 0.3) is 5.78 Å². The van der Waals surface area contributed by atoms with Gasteiger partial charge in [-0.25, -0.2) is 0 Å². The van der Waals surface area contributed by atoms with Gasteiger partial charge >= 0.3 is 6.18 Å². The van der Waals surface area contributed by atoms with Gasteiger partial charge in [-0.3, -0.25) is 4.79 Å². The summed E-state index contributed by atoms with van der Waals surface area (Å²) >= 11 is 0. The fourth-order valence-corrected chi connectivity index (χ4v) is 2.03. The first-order valence-electron chi connectivity index (χ1n) is 6.32. The Morgan fingerprint density at radius 1 is 1.15 bits per heavy atom. The van der Waals surface area contributed by atoms with E-state index in [0.29, 0.717) is 26.2 Å². The number of nitrogens with zero attached hydrogens (tertiary/aromatic N) is 1. The highest BCUT2D eigenvalue weighted by Crippen LogP contribution is 2.27. The third-order valence-corrected chi connectivity index (χ3v) is 3.05. The molecule has 6 heteroatoms. The van der Waals surface area contributed by atoms with Crippen LogP contribution in [0.5, 0.6) is 0 Å². The smallest absolute Gasteiger partial charge is 0.374 e. The lowest BCUT2D eigenvalue weighted by atomic mass is 10.0. The van der Waals surface area contributed by atoms with Crippen LogP contribution in [0.4, 0.5) is 13.2 Å². The van der Waals surface area contributed by atoms with Crippen LogP contribution in [0.3, 0.4) is 0 Å². The summed E-state index contributed by atoms with van der Waals surface area (Å²) < 4.78 is 38.2. The molecule has 1 aliphatic heterocycles. The van der Waals surface area contributed by atoms with E-state index in [1.165, 1.54) is 18.3 Å². The van der Waals surface area contributed by atoms with Crippen molar-refractivity contribution in [1.82, 2.24) is 10.2 Å². The molecule has 1 aliphatic rings. The monoisotopic (exact) mass is 284 g/mol. The first-order chi connectivity index (χ1) is 9.48. The summed E-state index contributed by atoms with van der Waals surface area (Å²) in [5.41, 5.74) is -0.0200. The molecule has 0 aromatic heterocycles. The second-order valence-electron chi connectivity index (χ2n) is 4.52. The van der Waals surface area contributed by atoms with Crippen LogP contribution in [-0.2, 0) is 4.79 Å². The van der Waals surface area contributed by atoms with Gasteiger partial charge in [-0.15, -0.1) is 0 Å². The van der Waals surface area contributed by atoms with Crippen molar-refractivity contribution in [1.29, 1.82) is 0 Å². The lowest BCUT2D eigenvalue weighted by molar-refractivity contribution is -0.164. The van der Waals surface area contributed by atoms with Crippen molar-refractivity contribution in [2.75, 3.05) is 26.2 Å². The molecule has 20 heavy (non-hydrogen) atoms. The van der Waals surface area contributed by atoms with Gasteiger partial charge in [0.05, 0.1) is 5.57 Å². The van der Waals surface area contributed by atoms with Crippen LogP contribution >= 0.6 is 0 Å². The molecule has 0 unspecified atom stereocenters. The molecule has 108 valence electrons. The predicted octanol–water partition coefficient (Wildman–Crippen LogP) is 2.06. The van der Waals surface area contributed by atoms with Crippen LogP contribution in [0.15, 0.2) is 36.5 Å². The van der Waals surface area contributed by atoms with Crippen LogP contribution in [0.25, 0.3) is 5.57 Å². The van der Waals surface area contributed by atoms with Crippen molar-refractivity contribution in [2.45, 2.75) is 6.18 Å². The highest BCUT2D eigenvalue weighted by molar-refractivity contribution is 6.23. The van der Waals surface area contributed by atoms with Crippen molar-refractivity contribution in [3.8, 4) is 0 Å². The number of hydrogen-bond acceptors (Lipinski definition) is 3. The zero-order chi connectivity index (χ0) is 14.6. The minimum Gasteiger partial charge on any atom is -0.374 e. The van der Waals surface area contributed by atoms with E-state index >= 15 is 0 Å². The number of carbonyl (C=O) groups is 1. The van der Waals surface area contributed by atoms with Gasteiger partial charge in [-0.2, -0.15) is 13.2 Å². The van der Waals surface area contributed by atoms with E-state index in [0.717, 1.165) is 0 Å².